The highest BCUT2D eigenvalue weighted by molar-refractivity contribution is 6.31. The van der Waals surface area contributed by atoms with Crippen LogP contribution in [0.4, 0.5) is 0 Å². The molecule has 5 fully saturated rings. The number of benzene rings is 1. The van der Waals surface area contributed by atoms with Crippen LogP contribution in [-0.2, 0) is 25.7 Å². The Morgan fingerprint density at radius 2 is 1.63 bits per heavy atom. The van der Waals surface area contributed by atoms with E-state index in [4.69, 9.17) is 11.6 Å². The van der Waals surface area contributed by atoms with Crippen molar-refractivity contribution in [3.63, 3.8) is 0 Å². The lowest BCUT2D eigenvalue weighted by atomic mass is 9.35. The van der Waals surface area contributed by atoms with Gasteiger partial charge in [-0.3, -0.25) is 19.2 Å². The summed E-state index contributed by atoms with van der Waals surface area (Å²) in [6, 6.07) is 7.63. The van der Waals surface area contributed by atoms with Gasteiger partial charge < -0.3 is 10.4 Å². The molecule has 1 aromatic rings. The van der Waals surface area contributed by atoms with Gasteiger partial charge in [0, 0.05) is 42.2 Å². The average Bonchev–Trinajstić information content (AvgIpc) is 3.36. The highest BCUT2D eigenvalue weighted by atomic mass is 35.5. The molecule has 7 rings (SSSR count). The van der Waals surface area contributed by atoms with Crippen molar-refractivity contribution in [1.82, 2.24) is 5.32 Å². The molecule has 1 aromatic carbocycles. The fourth-order valence-corrected chi connectivity index (χ4v) is 14.4. The molecule has 6 aliphatic carbocycles. The predicted molar refractivity (Wildman–Crippen MR) is 204 cm³/mol. The number of carboxylic acid groups (broad SMARTS) is 1. The number of amides is 1. The minimum Gasteiger partial charge on any atom is -0.481 e. The molecule has 7 heteroatoms. The van der Waals surface area contributed by atoms with Gasteiger partial charge in [0.25, 0.3) is 0 Å². The summed E-state index contributed by atoms with van der Waals surface area (Å²) in [5, 5.41) is 13.3. The second-order valence-corrected chi connectivity index (χ2v) is 20.2. The maximum Gasteiger partial charge on any atom is 0.306 e. The van der Waals surface area contributed by atoms with Crippen LogP contribution >= 0.6 is 11.6 Å². The van der Waals surface area contributed by atoms with E-state index >= 15 is 0 Å². The highest BCUT2D eigenvalue weighted by Gasteiger charge is 2.66. The summed E-state index contributed by atoms with van der Waals surface area (Å²) >= 11 is 6.40. The van der Waals surface area contributed by atoms with Crippen LogP contribution in [0.5, 0.6) is 0 Å². The molecule has 52 heavy (non-hydrogen) atoms. The van der Waals surface area contributed by atoms with Gasteiger partial charge in [-0.1, -0.05) is 83.8 Å². The molecular weight excluding hydrogens is 670 g/mol. The Morgan fingerprint density at radius 1 is 0.923 bits per heavy atom. The van der Waals surface area contributed by atoms with Crippen molar-refractivity contribution in [2.24, 2.45) is 74.9 Å². The number of Topliss-reactive ketones (excluding diaryl/α,β-unsaturated/α-hetero) is 2. The third kappa shape index (κ3) is 5.86. The van der Waals surface area contributed by atoms with Gasteiger partial charge >= 0.3 is 5.97 Å². The van der Waals surface area contributed by atoms with Crippen LogP contribution in [0.1, 0.15) is 131 Å². The van der Waals surface area contributed by atoms with Crippen LogP contribution in [0, 0.1) is 74.9 Å². The first-order valence-corrected chi connectivity index (χ1v) is 20.9. The molecule has 0 saturated heterocycles. The lowest BCUT2D eigenvalue weighted by Gasteiger charge is -2.69. The van der Waals surface area contributed by atoms with Gasteiger partial charge in [-0.25, -0.2) is 0 Å². The molecule has 6 nitrogen and oxygen atoms in total. The zero-order chi connectivity index (χ0) is 37.5. The second-order valence-electron chi connectivity index (χ2n) is 19.8. The summed E-state index contributed by atoms with van der Waals surface area (Å²) in [6.45, 7) is 16.7. The van der Waals surface area contributed by atoms with Crippen LogP contribution in [0.25, 0.3) is 0 Å². The Balaban J connectivity index is 1.10. The van der Waals surface area contributed by atoms with Gasteiger partial charge in [-0.2, -0.15) is 0 Å². The minimum absolute atomic E-state index is 0.00698. The molecule has 2 N–H and O–H groups in total. The number of allylic oxidation sites excluding steroid dienone is 2. The highest BCUT2D eigenvalue weighted by Crippen LogP contribution is 2.74. The first kappa shape index (κ1) is 37.8. The summed E-state index contributed by atoms with van der Waals surface area (Å²) < 4.78 is 0. The number of ketones is 2. The molecular formula is C45H62ClNO5. The number of aliphatic carboxylic acids is 1. The van der Waals surface area contributed by atoms with Gasteiger partial charge in [0.1, 0.15) is 5.78 Å². The number of halogens is 1. The fraction of sp³-hybridized carbons (Fsp3) is 0.733. The summed E-state index contributed by atoms with van der Waals surface area (Å²) in [6.07, 6.45) is 10.6. The molecule has 5 saturated carbocycles. The monoisotopic (exact) mass is 731 g/mol. The molecule has 0 aliphatic heterocycles. The summed E-state index contributed by atoms with van der Waals surface area (Å²) in [4.78, 5) is 52.8. The van der Waals surface area contributed by atoms with E-state index in [1.54, 1.807) is 0 Å². The van der Waals surface area contributed by atoms with Crippen molar-refractivity contribution < 1.29 is 24.3 Å². The van der Waals surface area contributed by atoms with Crippen LogP contribution in [0.2, 0.25) is 5.02 Å². The van der Waals surface area contributed by atoms with Crippen LogP contribution in [0.15, 0.2) is 35.4 Å². The van der Waals surface area contributed by atoms with E-state index in [0.717, 1.165) is 56.1 Å². The van der Waals surface area contributed by atoms with E-state index in [1.807, 2.05) is 31.2 Å². The van der Waals surface area contributed by atoms with E-state index in [1.165, 1.54) is 12.0 Å². The lowest BCUT2D eigenvalue weighted by molar-refractivity contribution is -0.193. The number of fused-ring (bicyclic) bond motifs is 7. The molecule has 0 spiro atoms. The van der Waals surface area contributed by atoms with Crippen molar-refractivity contribution in [2.75, 3.05) is 0 Å². The molecule has 284 valence electrons. The van der Waals surface area contributed by atoms with Crippen LogP contribution in [0.3, 0.4) is 0 Å². The first-order chi connectivity index (χ1) is 24.4. The quantitative estimate of drug-likeness (QED) is 0.263. The molecule has 0 heterocycles. The Labute approximate surface area is 316 Å². The zero-order valence-electron chi connectivity index (χ0n) is 32.7. The van der Waals surface area contributed by atoms with Crippen LogP contribution < -0.4 is 5.32 Å². The number of carbonyl (C=O) groups is 4. The number of rotatable bonds is 9. The van der Waals surface area contributed by atoms with Crippen molar-refractivity contribution in [2.45, 2.75) is 132 Å². The second kappa shape index (κ2) is 13.4. The predicted octanol–water partition coefficient (Wildman–Crippen LogP) is 9.87. The van der Waals surface area contributed by atoms with Gasteiger partial charge in [0.2, 0.25) is 5.91 Å². The normalized spacial score (nSPS) is 40.6. The van der Waals surface area contributed by atoms with E-state index in [2.05, 4.69) is 46.9 Å². The third-order valence-electron chi connectivity index (χ3n) is 16.9. The maximum atomic E-state index is 13.9. The molecule has 1 amide bonds. The van der Waals surface area contributed by atoms with Crippen LogP contribution in [-0.4, -0.2) is 28.5 Å². The summed E-state index contributed by atoms with van der Waals surface area (Å²) in [7, 11) is 0. The van der Waals surface area contributed by atoms with Crippen molar-refractivity contribution in [3.05, 3.63) is 46.0 Å². The zero-order valence-corrected chi connectivity index (χ0v) is 33.4. The Bertz CT molecular complexity index is 1680. The number of carbonyl (C=O) groups excluding carboxylic acids is 3. The molecule has 6 aliphatic rings. The SMILES string of the molecule is CC(C)C1=C2C3CCC4C(C)(CCC5C(C)(C)C(CC(=O)C6CC(C(=O)O)C6C)CCC54C)C3CCC2(CC(=O)NCc2ccccc2Cl)CC1=O. The Kier molecular flexibility index (Phi) is 9.73. The third-order valence-corrected chi connectivity index (χ3v) is 17.2. The minimum atomic E-state index is -0.764. The van der Waals surface area contributed by atoms with Crippen molar-refractivity contribution in [1.29, 1.82) is 0 Å². The van der Waals surface area contributed by atoms with Gasteiger partial charge in [-0.05, 0) is 133 Å². The number of hydrogen-bond acceptors (Lipinski definition) is 4. The smallest absolute Gasteiger partial charge is 0.306 e. The van der Waals surface area contributed by atoms with Gasteiger partial charge in [-0.15, -0.1) is 0 Å². The van der Waals surface area contributed by atoms with E-state index in [-0.39, 0.29) is 62.8 Å². The lowest BCUT2D eigenvalue weighted by Crippen LogP contribution is -2.62. The maximum absolute atomic E-state index is 13.9. The average molecular weight is 732 g/mol. The fourth-order valence-electron chi connectivity index (χ4n) is 14.2. The van der Waals surface area contributed by atoms with E-state index in [0.29, 0.717) is 66.8 Å². The van der Waals surface area contributed by atoms with E-state index < -0.39 is 5.97 Å². The number of nitrogens with one attached hydrogen (secondary N) is 1. The summed E-state index contributed by atoms with van der Waals surface area (Å²) in [5.74, 6) is 1.70. The Hall–Kier alpha value is -2.47. The topological polar surface area (TPSA) is 101 Å². The van der Waals surface area contributed by atoms with Crippen molar-refractivity contribution >= 4 is 35.0 Å². The Morgan fingerprint density at radius 3 is 2.31 bits per heavy atom. The summed E-state index contributed by atoms with van der Waals surface area (Å²) in [5.41, 5.74) is 3.28. The molecule has 0 aromatic heterocycles. The molecule has 11 unspecified atom stereocenters. The van der Waals surface area contributed by atoms with Gasteiger partial charge in [0.15, 0.2) is 5.78 Å². The van der Waals surface area contributed by atoms with Crippen molar-refractivity contribution in [3.8, 4) is 0 Å². The molecule has 0 radical (unpaired) electrons. The van der Waals surface area contributed by atoms with Gasteiger partial charge in [0.05, 0.1) is 5.92 Å². The standard InChI is InChI=1S/C45H62ClNO5/c1-25(2)39-35(49)22-45(23-38(50)47-24-27-10-8-9-11-33(27)46)19-15-32-29(40(39)45)12-13-37-43(32,6)18-16-36-42(4,5)28(14-17-44(36,37)7)20-34(48)30-21-31(26(30)3)41(51)52/h8-11,25-26,28-32,36-37H,12-24H2,1-7H3,(H,47,50)(H,51,52). The molecule has 0 bridgehead atoms. The van der Waals surface area contributed by atoms with E-state index in [9.17, 15) is 24.3 Å². The molecule has 11 atom stereocenters. The number of hydrogen-bond donors (Lipinski definition) is 2. The number of carboxylic acids is 1. The first-order valence-electron chi connectivity index (χ1n) is 20.5. The largest absolute Gasteiger partial charge is 0.481 e.